The molecule has 0 saturated heterocycles. The van der Waals surface area contributed by atoms with Crippen LogP contribution in [0.1, 0.15) is 34.2 Å². The molecule has 0 amide bonds. The van der Waals surface area contributed by atoms with Gasteiger partial charge in [0.15, 0.2) is 0 Å². The quantitative estimate of drug-likeness (QED) is 0.917. The van der Waals surface area contributed by atoms with E-state index in [1.54, 1.807) is 6.07 Å². The third-order valence-electron chi connectivity index (χ3n) is 4.48. The van der Waals surface area contributed by atoms with Gasteiger partial charge in [-0.1, -0.05) is 42.0 Å². The molecule has 0 saturated carbocycles. The van der Waals surface area contributed by atoms with Crippen LogP contribution in [0.2, 0.25) is 0 Å². The summed E-state index contributed by atoms with van der Waals surface area (Å²) in [5, 5.41) is 0. The normalized spacial score (nSPS) is 22.1. The van der Waals surface area contributed by atoms with Crippen molar-refractivity contribution in [2.45, 2.75) is 18.9 Å². The summed E-state index contributed by atoms with van der Waals surface area (Å²) in [6, 6.07) is 13.7. The monoisotopic (exact) mass is 284 g/mol. The Morgan fingerprint density at radius 2 is 1.90 bits per heavy atom. The summed E-state index contributed by atoms with van der Waals surface area (Å²) in [5.41, 5.74) is 10.4. The molecular formula is C18H21FN2. The summed E-state index contributed by atoms with van der Waals surface area (Å²) in [5.74, 6) is -0.0665. The molecule has 0 aromatic heterocycles. The average Bonchev–Trinajstić information content (AvgIpc) is 2.47. The van der Waals surface area contributed by atoms with Crippen LogP contribution in [-0.2, 0) is 0 Å². The lowest BCUT2D eigenvalue weighted by Gasteiger charge is -2.39. The molecule has 1 heterocycles. The van der Waals surface area contributed by atoms with E-state index in [0.29, 0.717) is 6.54 Å². The molecule has 2 atom stereocenters. The van der Waals surface area contributed by atoms with Crippen LogP contribution in [0.3, 0.4) is 0 Å². The van der Waals surface area contributed by atoms with Crippen molar-refractivity contribution in [2.75, 3.05) is 20.1 Å². The molecule has 1 aliphatic rings. The van der Waals surface area contributed by atoms with Crippen molar-refractivity contribution in [3.8, 4) is 0 Å². The van der Waals surface area contributed by atoms with Crippen molar-refractivity contribution in [1.82, 2.24) is 4.90 Å². The molecule has 0 bridgehead atoms. The maximum Gasteiger partial charge on any atom is 0.127 e. The van der Waals surface area contributed by atoms with Gasteiger partial charge < -0.3 is 5.73 Å². The van der Waals surface area contributed by atoms with Crippen molar-refractivity contribution < 1.29 is 4.39 Å². The van der Waals surface area contributed by atoms with Crippen LogP contribution in [-0.4, -0.2) is 25.0 Å². The zero-order valence-electron chi connectivity index (χ0n) is 12.5. The molecule has 0 spiro atoms. The molecular weight excluding hydrogens is 263 g/mol. The standard InChI is InChI=1S/C18H21FN2/c1-12-7-8-13-15(9-12)18(10-20)21(2)11-16(13)14-5-3-4-6-17(14)19/h3-9,16,18H,10-11,20H2,1-2H3. The van der Waals surface area contributed by atoms with Gasteiger partial charge in [0.1, 0.15) is 5.82 Å². The number of halogens is 1. The summed E-state index contributed by atoms with van der Waals surface area (Å²) in [6.07, 6.45) is 0. The fraction of sp³-hybridized carbons (Fsp3) is 0.333. The van der Waals surface area contributed by atoms with Crippen molar-refractivity contribution >= 4 is 0 Å². The number of fused-ring (bicyclic) bond motifs is 1. The average molecular weight is 284 g/mol. The second kappa shape index (κ2) is 5.58. The number of aryl methyl sites for hydroxylation is 1. The number of benzene rings is 2. The van der Waals surface area contributed by atoms with Crippen LogP contribution in [0.15, 0.2) is 42.5 Å². The predicted molar refractivity (Wildman–Crippen MR) is 83.8 cm³/mol. The first-order valence-corrected chi connectivity index (χ1v) is 7.37. The summed E-state index contributed by atoms with van der Waals surface area (Å²) in [6.45, 7) is 3.45. The van der Waals surface area contributed by atoms with Gasteiger partial charge in [-0.3, -0.25) is 4.90 Å². The molecule has 3 heteroatoms. The molecule has 2 N–H and O–H groups in total. The molecule has 0 aliphatic carbocycles. The van der Waals surface area contributed by atoms with Crippen molar-refractivity contribution in [3.63, 3.8) is 0 Å². The zero-order valence-corrected chi connectivity index (χ0v) is 12.5. The van der Waals surface area contributed by atoms with Crippen LogP contribution < -0.4 is 5.73 Å². The highest BCUT2D eigenvalue weighted by molar-refractivity contribution is 5.44. The second-order valence-electron chi connectivity index (χ2n) is 5.90. The highest BCUT2D eigenvalue weighted by Gasteiger charge is 2.32. The van der Waals surface area contributed by atoms with Crippen molar-refractivity contribution in [2.24, 2.45) is 5.73 Å². The molecule has 2 aromatic carbocycles. The Morgan fingerprint density at radius 3 is 2.62 bits per heavy atom. The number of rotatable bonds is 2. The second-order valence-corrected chi connectivity index (χ2v) is 5.90. The maximum absolute atomic E-state index is 14.2. The Labute approximate surface area is 125 Å². The lowest BCUT2D eigenvalue weighted by Crippen LogP contribution is -2.39. The number of hydrogen-bond acceptors (Lipinski definition) is 2. The number of nitrogens with two attached hydrogens (primary N) is 1. The Kier molecular flexibility index (Phi) is 3.79. The van der Waals surface area contributed by atoms with E-state index in [1.807, 2.05) is 12.1 Å². The number of nitrogens with zero attached hydrogens (tertiary/aromatic N) is 1. The van der Waals surface area contributed by atoms with Crippen LogP contribution in [0, 0.1) is 12.7 Å². The smallest absolute Gasteiger partial charge is 0.127 e. The van der Waals surface area contributed by atoms with E-state index in [1.165, 1.54) is 22.8 Å². The van der Waals surface area contributed by atoms with Gasteiger partial charge in [-0.2, -0.15) is 0 Å². The van der Waals surface area contributed by atoms with Crippen LogP contribution in [0.4, 0.5) is 4.39 Å². The van der Waals surface area contributed by atoms with E-state index in [2.05, 4.69) is 37.1 Å². The predicted octanol–water partition coefficient (Wildman–Crippen LogP) is 3.21. The maximum atomic E-state index is 14.2. The fourth-order valence-electron chi connectivity index (χ4n) is 3.38. The van der Waals surface area contributed by atoms with Crippen LogP contribution in [0.25, 0.3) is 0 Å². The summed E-state index contributed by atoms with van der Waals surface area (Å²) >= 11 is 0. The van der Waals surface area contributed by atoms with E-state index in [-0.39, 0.29) is 17.8 Å². The largest absolute Gasteiger partial charge is 0.329 e. The Balaban J connectivity index is 2.15. The van der Waals surface area contributed by atoms with Gasteiger partial charge in [0.25, 0.3) is 0 Å². The van der Waals surface area contributed by atoms with Gasteiger partial charge in [0.2, 0.25) is 0 Å². The Morgan fingerprint density at radius 1 is 1.14 bits per heavy atom. The number of likely N-dealkylation sites (N-methyl/N-ethyl adjacent to an activating group) is 1. The van der Waals surface area contributed by atoms with Gasteiger partial charge >= 0.3 is 0 Å². The molecule has 2 aromatic rings. The first kappa shape index (κ1) is 14.2. The Bertz CT molecular complexity index is 653. The topological polar surface area (TPSA) is 29.3 Å². The van der Waals surface area contributed by atoms with E-state index < -0.39 is 0 Å². The lowest BCUT2D eigenvalue weighted by atomic mass is 9.80. The zero-order chi connectivity index (χ0) is 15.0. The van der Waals surface area contributed by atoms with Gasteiger partial charge in [-0.15, -0.1) is 0 Å². The fourth-order valence-corrected chi connectivity index (χ4v) is 3.38. The summed E-state index contributed by atoms with van der Waals surface area (Å²) in [4.78, 5) is 2.24. The number of hydrogen-bond donors (Lipinski definition) is 1. The van der Waals surface area contributed by atoms with Crippen molar-refractivity contribution in [3.05, 3.63) is 70.5 Å². The molecule has 2 nitrogen and oxygen atoms in total. The summed E-state index contributed by atoms with van der Waals surface area (Å²) < 4.78 is 14.2. The van der Waals surface area contributed by atoms with Gasteiger partial charge in [0.05, 0.1) is 0 Å². The molecule has 0 radical (unpaired) electrons. The van der Waals surface area contributed by atoms with Gasteiger partial charge in [0, 0.05) is 25.0 Å². The van der Waals surface area contributed by atoms with E-state index >= 15 is 0 Å². The minimum atomic E-state index is -0.131. The minimum absolute atomic E-state index is 0.0644. The van der Waals surface area contributed by atoms with Crippen LogP contribution in [0.5, 0.6) is 0 Å². The summed E-state index contributed by atoms with van der Waals surface area (Å²) in [7, 11) is 2.07. The molecule has 21 heavy (non-hydrogen) atoms. The van der Waals surface area contributed by atoms with Gasteiger partial charge in [-0.25, -0.2) is 4.39 Å². The molecule has 110 valence electrons. The highest BCUT2D eigenvalue weighted by atomic mass is 19.1. The first-order valence-electron chi connectivity index (χ1n) is 7.37. The Hall–Kier alpha value is -1.71. The third kappa shape index (κ3) is 2.47. The molecule has 3 rings (SSSR count). The molecule has 1 aliphatic heterocycles. The third-order valence-corrected chi connectivity index (χ3v) is 4.48. The lowest BCUT2D eigenvalue weighted by molar-refractivity contribution is 0.222. The van der Waals surface area contributed by atoms with Crippen molar-refractivity contribution in [1.29, 1.82) is 0 Å². The minimum Gasteiger partial charge on any atom is -0.329 e. The SMILES string of the molecule is Cc1ccc2c(c1)C(CN)N(C)CC2c1ccccc1F. The first-order chi connectivity index (χ1) is 10.1. The van der Waals surface area contributed by atoms with Crippen LogP contribution >= 0.6 is 0 Å². The molecule has 0 fully saturated rings. The van der Waals surface area contributed by atoms with E-state index in [0.717, 1.165) is 12.1 Å². The molecule has 2 unspecified atom stereocenters. The van der Waals surface area contributed by atoms with Gasteiger partial charge in [-0.05, 0) is 36.7 Å². The van der Waals surface area contributed by atoms with E-state index in [4.69, 9.17) is 5.73 Å². The van der Waals surface area contributed by atoms with E-state index in [9.17, 15) is 4.39 Å². The highest BCUT2D eigenvalue weighted by Crippen LogP contribution is 2.39.